The number of amides is 3. The summed E-state index contributed by atoms with van der Waals surface area (Å²) in [5.41, 5.74) is 0. The van der Waals surface area contributed by atoms with Crippen LogP contribution < -0.4 is 5.32 Å². The number of likely N-dealkylation sites (tertiary alicyclic amines) is 1. The van der Waals surface area contributed by atoms with Crippen LogP contribution in [0.1, 0.15) is 44.9 Å². The number of nitrogens with one attached hydrogen (secondary N) is 1. The second kappa shape index (κ2) is 6.63. The highest BCUT2D eigenvalue weighted by Gasteiger charge is 2.47. The van der Waals surface area contributed by atoms with Gasteiger partial charge < -0.3 is 5.32 Å². The van der Waals surface area contributed by atoms with Gasteiger partial charge in [0, 0.05) is 6.54 Å². The number of carbonyl (C=O) groups excluding carboxylic acids is 3. The Hall–Kier alpha value is -1.65. The third-order valence-electron chi connectivity index (χ3n) is 5.21. The average Bonchev–Trinajstić information content (AvgIpc) is 2.79. The van der Waals surface area contributed by atoms with Gasteiger partial charge in [-0.3, -0.25) is 19.3 Å². The molecule has 0 spiro atoms. The number of fused-ring (bicyclic) bond motifs is 1. The Morgan fingerprint density at radius 2 is 1.64 bits per heavy atom. The van der Waals surface area contributed by atoms with E-state index in [9.17, 15) is 14.4 Å². The quantitative estimate of drug-likeness (QED) is 0.634. The van der Waals surface area contributed by atoms with Crippen LogP contribution >= 0.6 is 0 Å². The number of hydrogen-bond donors (Lipinski definition) is 1. The monoisotopic (exact) mass is 304 g/mol. The van der Waals surface area contributed by atoms with Crippen LogP contribution in [0.3, 0.4) is 0 Å². The Morgan fingerprint density at radius 1 is 1.05 bits per heavy atom. The van der Waals surface area contributed by atoms with Crippen molar-refractivity contribution in [2.75, 3.05) is 13.1 Å². The number of imide groups is 1. The van der Waals surface area contributed by atoms with Crippen molar-refractivity contribution in [3.8, 4) is 0 Å². The first kappa shape index (κ1) is 15.3. The molecule has 22 heavy (non-hydrogen) atoms. The van der Waals surface area contributed by atoms with Crippen molar-refractivity contribution in [2.24, 2.45) is 17.8 Å². The van der Waals surface area contributed by atoms with Crippen LogP contribution in [-0.2, 0) is 14.4 Å². The summed E-state index contributed by atoms with van der Waals surface area (Å²) in [6, 6.07) is 0. The zero-order valence-corrected chi connectivity index (χ0v) is 12.9. The second-order valence-corrected chi connectivity index (χ2v) is 6.73. The fraction of sp³-hybridized carbons (Fsp3) is 0.706. The number of nitrogens with zero attached hydrogens (tertiary/aromatic N) is 1. The summed E-state index contributed by atoms with van der Waals surface area (Å²) in [5.74, 6) is -0.500. The van der Waals surface area contributed by atoms with E-state index in [1.165, 1.54) is 24.2 Å². The molecular weight excluding hydrogens is 280 g/mol. The van der Waals surface area contributed by atoms with Gasteiger partial charge in [-0.15, -0.1) is 0 Å². The molecule has 3 rings (SSSR count). The summed E-state index contributed by atoms with van der Waals surface area (Å²) in [4.78, 5) is 37.8. The van der Waals surface area contributed by atoms with E-state index in [1.807, 2.05) is 12.2 Å². The van der Waals surface area contributed by atoms with Gasteiger partial charge >= 0.3 is 0 Å². The predicted molar refractivity (Wildman–Crippen MR) is 81.7 cm³/mol. The van der Waals surface area contributed by atoms with Gasteiger partial charge in [0.15, 0.2) is 0 Å². The van der Waals surface area contributed by atoms with Crippen molar-refractivity contribution >= 4 is 17.7 Å². The molecule has 0 aromatic heterocycles. The molecule has 0 aromatic rings. The molecule has 2 fully saturated rings. The number of allylic oxidation sites excluding steroid dienone is 2. The molecule has 1 N–H and O–H groups in total. The fourth-order valence-corrected chi connectivity index (χ4v) is 3.87. The van der Waals surface area contributed by atoms with Gasteiger partial charge in [-0.05, 0) is 31.6 Å². The van der Waals surface area contributed by atoms with Gasteiger partial charge in [0.05, 0.1) is 11.8 Å². The van der Waals surface area contributed by atoms with Crippen LogP contribution in [0.5, 0.6) is 0 Å². The third kappa shape index (κ3) is 3.08. The number of hydrogen-bond acceptors (Lipinski definition) is 3. The smallest absolute Gasteiger partial charge is 0.240 e. The Morgan fingerprint density at radius 3 is 2.23 bits per heavy atom. The predicted octanol–water partition coefficient (Wildman–Crippen LogP) is 1.63. The van der Waals surface area contributed by atoms with Gasteiger partial charge in [0.2, 0.25) is 17.7 Å². The Labute approximate surface area is 131 Å². The molecule has 0 radical (unpaired) electrons. The molecule has 5 nitrogen and oxygen atoms in total. The summed E-state index contributed by atoms with van der Waals surface area (Å²) >= 11 is 0. The van der Waals surface area contributed by atoms with Crippen molar-refractivity contribution < 1.29 is 14.4 Å². The van der Waals surface area contributed by atoms with Crippen molar-refractivity contribution in [1.29, 1.82) is 0 Å². The molecule has 0 aromatic carbocycles. The zero-order chi connectivity index (χ0) is 15.5. The summed E-state index contributed by atoms with van der Waals surface area (Å²) in [6.07, 6.45) is 11.2. The third-order valence-corrected chi connectivity index (χ3v) is 5.21. The topological polar surface area (TPSA) is 66.5 Å². The second-order valence-electron chi connectivity index (χ2n) is 6.73. The van der Waals surface area contributed by atoms with Crippen molar-refractivity contribution in [2.45, 2.75) is 44.9 Å². The van der Waals surface area contributed by atoms with Crippen LogP contribution in [0.25, 0.3) is 0 Å². The molecule has 1 saturated carbocycles. The van der Waals surface area contributed by atoms with Gasteiger partial charge in [0.25, 0.3) is 0 Å². The van der Waals surface area contributed by atoms with Crippen molar-refractivity contribution in [1.82, 2.24) is 10.2 Å². The van der Waals surface area contributed by atoms with E-state index in [0.717, 1.165) is 12.8 Å². The van der Waals surface area contributed by atoms with Crippen LogP contribution in [0.4, 0.5) is 0 Å². The highest BCUT2D eigenvalue weighted by atomic mass is 16.2. The molecule has 1 aliphatic heterocycles. The normalized spacial score (nSPS) is 28.8. The first-order valence-corrected chi connectivity index (χ1v) is 8.43. The van der Waals surface area contributed by atoms with E-state index in [2.05, 4.69) is 5.32 Å². The van der Waals surface area contributed by atoms with E-state index in [-0.39, 0.29) is 36.1 Å². The van der Waals surface area contributed by atoms with Crippen LogP contribution in [0.15, 0.2) is 12.2 Å². The molecule has 1 heterocycles. The maximum Gasteiger partial charge on any atom is 0.240 e. The SMILES string of the molecule is O=C(CN1C(=O)[C@@H]2CC=CC[C@H]2C1=O)NCC1CCCCC1. The van der Waals surface area contributed by atoms with Gasteiger partial charge in [-0.25, -0.2) is 0 Å². The minimum absolute atomic E-state index is 0.114. The maximum atomic E-state index is 12.3. The summed E-state index contributed by atoms with van der Waals surface area (Å²) in [6.45, 7) is 0.556. The molecule has 0 bridgehead atoms. The molecule has 2 aliphatic carbocycles. The van der Waals surface area contributed by atoms with E-state index in [0.29, 0.717) is 25.3 Å². The molecule has 1 saturated heterocycles. The van der Waals surface area contributed by atoms with Crippen molar-refractivity contribution in [3.05, 3.63) is 12.2 Å². The summed E-state index contributed by atoms with van der Waals surface area (Å²) in [7, 11) is 0. The minimum atomic E-state index is -0.247. The molecule has 3 amide bonds. The molecular formula is C17H24N2O3. The standard InChI is InChI=1S/C17H24N2O3/c20-15(18-10-12-6-2-1-3-7-12)11-19-16(21)13-8-4-5-9-14(13)17(19)22/h4-5,12-14H,1-3,6-11H2,(H,18,20)/t13-,14-/m1/s1. The van der Waals surface area contributed by atoms with Crippen LogP contribution in [-0.4, -0.2) is 35.7 Å². The Kier molecular flexibility index (Phi) is 4.60. The van der Waals surface area contributed by atoms with E-state index >= 15 is 0 Å². The summed E-state index contributed by atoms with van der Waals surface area (Å²) in [5, 5.41) is 2.90. The lowest BCUT2D eigenvalue weighted by Gasteiger charge is -2.22. The first-order valence-electron chi connectivity index (χ1n) is 8.43. The summed E-state index contributed by atoms with van der Waals surface area (Å²) < 4.78 is 0. The van der Waals surface area contributed by atoms with E-state index in [4.69, 9.17) is 0 Å². The van der Waals surface area contributed by atoms with Gasteiger partial charge in [-0.2, -0.15) is 0 Å². The number of carbonyl (C=O) groups is 3. The van der Waals surface area contributed by atoms with Crippen molar-refractivity contribution in [3.63, 3.8) is 0 Å². The largest absolute Gasteiger partial charge is 0.354 e. The lowest BCUT2D eigenvalue weighted by Crippen LogP contribution is -2.42. The van der Waals surface area contributed by atoms with Gasteiger partial charge in [0.1, 0.15) is 6.54 Å². The fourth-order valence-electron chi connectivity index (χ4n) is 3.87. The number of rotatable bonds is 4. The van der Waals surface area contributed by atoms with Crippen LogP contribution in [0.2, 0.25) is 0 Å². The maximum absolute atomic E-state index is 12.3. The first-order chi connectivity index (χ1) is 10.7. The zero-order valence-electron chi connectivity index (χ0n) is 12.9. The molecule has 120 valence electrons. The minimum Gasteiger partial charge on any atom is -0.354 e. The molecule has 5 heteroatoms. The highest BCUT2D eigenvalue weighted by molar-refractivity contribution is 6.07. The Bertz CT molecular complexity index is 468. The highest BCUT2D eigenvalue weighted by Crippen LogP contribution is 2.34. The lowest BCUT2D eigenvalue weighted by molar-refractivity contribution is -0.143. The van der Waals surface area contributed by atoms with Crippen LogP contribution in [0, 0.1) is 17.8 Å². The van der Waals surface area contributed by atoms with E-state index < -0.39 is 0 Å². The molecule has 2 atom stereocenters. The molecule has 3 aliphatic rings. The van der Waals surface area contributed by atoms with Gasteiger partial charge in [-0.1, -0.05) is 31.4 Å². The van der Waals surface area contributed by atoms with E-state index in [1.54, 1.807) is 0 Å². The molecule has 0 unspecified atom stereocenters. The Balaban J connectivity index is 1.51. The lowest BCUT2D eigenvalue weighted by atomic mass is 9.85. The average molecular weight is 304 g/mol.